The molecule has 8 heteroatoms. The molecule has 2 aromatic heterocycles. The van der Waals surface area contributed by atoms with E-state index in [4.69, 9.17) is 4.42 Å². The molecule has 29 heavy (non-hydrogen) atoms. The number of carbonyl (C=O) groups is 1. The summed E-state index contributed by atoms with van der Waals surface area (Å²) >= 11 is 0. The van der Waals surface area contributed by atoms with Gasteiger partial charge >= 0.3 is 6.18 Å². The van der Waals surface area contributed by atoms with E-state index in [1.165, 1.54) is 18.5 Å². The zero-order valence-corrected chi connectivity index (χ0v) is 15.6. The van der Waals surface area contributed by atoms with E-state index in [-0.39, 0.29) is 30.3 Å². The van der Waals surface area contributed by atoms with E-state index in [0.717, 1.165) is 11.1 Å². The first-order chi connectivity index (χ1) is 13.8. The van der Waals surface area contributed by atoms with Crippen molar-refractivity contribution in [1.82, 2.24) is 9.97 Å². The lowest BCUT2D eigenvalue weighted by Crippen LogP contribution is -2.19. The molecule has 0 spiro atoms. The maximum absolute atomic E-state index is 12.4. The lowest BCUT2D eigenvalue weighted by molar-refractivity contribution is -0.153. The van der Waals surface area contributed by atoms with Crippen molar-refractivity contribution in [2.75, 3.05) is 6.61 Å². The summed E-state index contributed by atoms with van der Waals surface area (Å²) in [5, 5.41) is 0. The number of hydrogen-bond donors (Lipinski definition) is 0. The molecule has 1 aromatic carbocycles. The van der Waals surface area contributed by atoms with Crippen molar-refractivity contribution in [2.45, 2.75) is 31.9 Å². The van der Waals surface area contributed by atoms with Crippen LogP contribution in [-0.4, -0.2) is 28.5 Å². The first-order valence-corrected chi connectivity index (χ1v) is 8.96. The van der Waals surface area contributed by atoms with Crippen LogP contribution in [0.1, 0.15) is 30.5 Å². The number of Topliss-reactive ketones (excluding diaryl/α,β-unsaturated/α-hetero) is 1. The van der Waals surface area contributed by atoms with Crippen molar-refractivity contribution >= 4 is 5.78 Å². The number of rotatable bonds is 8. The Bertz CT molecular complexity index is 921. The summed E-state index contributed by atoms with van der Waals surface area (Å²) in [6.07, 6.45) is 0.461. The van der Waals surface area contributed by atoms with E-state index in [1.54, 1.807) is 12.3 Å². The number of nitrogens with zero attached hydrogens (tertiary/aromatic N) is 2. The molecule has 2 heterocycles. The number of carbonyl (C=O) groups excluding carboxylic acids is 1. The molecule has 1 atom stereocenters. The average Bonchev–Trinajstić information content (AvgIpc) is 3.21. The van der Waals surface area contributed by atoms with Crippen molar-refractivity contribution in [3.63, 3.8) is 0 Å². The van der Waals surface area contributed by atoms with Crippen LogP contribution in [0.25, 0.3) is 11.5 Å². The highest BCUT2D eigenvalue weighted by Gasteiger charge is 2.28. The molecular formula is C21H19F3N2O3. The number of ketones is 1. The third kappa shape index (κ3) is 6.17. The summed E-state index contributed by atoms with van der Waals surface area (Å²) in [4.78, 5) is 20.6. The van der Waals surface area contributed by atoms with Crippen molar-refractivity contribution in [1.29, 1.82) is 0 Å². The monoisotopic (exact) mass is 404 g/mol. The molecule has 0 saturated carbocycles. The summed E-state index contributed by atoms with van der Waals surface area (Å²) in [5.41, 5.74) is 2.33. The number of pyridine rings is 1. The zero-order valence-electron chi connectivity index (χ0n) is 15.6. The molecule has 0 unspecified atom stereocenters. The van der Waals surface area contributed by atoms with Crippen molar-refractivity contribution < 1.29 is 27.1 Å². The van der Waals surface area contributed by atoms with Crippen LogP contribution in [0.5, 0.6) is 5.75 Å². The minimum Gasteiger partial charge on any atom is -0.483 e. The first kappa shape index (κ1) is 20.6. The van der Waals surface area contributed by atoms with Gasteiger partial charge in [0.25, 0.3) is 0 Å². The Hall–Kier alpha value is -3.16. The number of benzene rings is 1. The second-order valence-corrected chi connectivity index (χ2v) is 6.68. The minimum absolute atomic E-state index is 0.0377. The Labute approximate surface area is 165 Å². The summed E-state index contributed by atoms with van der Waals surface area (Å²) in [7, 11) is 0. The van der Waals surface area contributed by atoms with Gasteiger partial charge in [0.05, 0.1) is 12.4 Å². The quantitative estimate of drug-likeness (QED) is 0.530. The lowest BCUT2D eigenvalue weighted by atomic mass is 9.96. The van der Waals surface area contributed by atoms with Crippen molar-refractivity contribution in [2.24, 2.45) is 0 Å². The molecule has 0 saturated heterocycles. The van der Waals surface area contributed by atoms with E-state index in [0.29, 0.717) is 11.6 Å². The molecule has 0 radical (unpaired) electrons. The van der Waals surface area contributed by atoms with Gasteiger partial charge in [-0.25, -0.2) is 4.98 Å². The van der Waals surface area contributed by atoms with Gasteiger partial charge in [0.2, 0.25) is 5.89 Å². The zero-order chi connectivity index (χ0) is 20.9. The third-order valence-corrected chi connectivity index (χ3v) is 4.23. The largest absolute Gasteiger partial charge is 0.483 e. The molecule has 3 rings (SSSR count). The normalized spacial score (nSPS) is 12.6. The van der Waals surface area contributed by atoms with Gasteiger partial charge in [-0.3, -0.25) is 9.78 Å². The predicted molar refractivity (Wildman–Crippen MR) is 99.5 cm³/mol. The fourth-order valence-electron chi connectivity index (χ4n) is 2.81. The van der Waals surface area contributed by atoms with Crippen LogP contribution in [0.2, 0.25) is 0 Å². The van der Waals surface area contributed by atoms with Gasteiger partial charge in [-0.05, 0) is 29.8 Å². The second-order valence-electron chi connectivity index (χ2n) is 6.68. The molecule has 5 nitrogen and oxygen atoms in total. The molecule has 152 valence electrons. The summed E-state index contributed by atoms with van der Waals surface area (Å²) in [5.74, 6) is 0.437. The Morgan fingerprint density at radius 3 is 2.48 bits per heavy atom. The number of ether oxygens (including phenoxy) is 1. The van der Waals surface area contributed by atoms with E-state index in [9.17, 15) is 18.0 Å². The van der Waals surface area contributed by atoms with E-state index in [1.807, 2.05) is 31.2 Å². The number of hydrogen-bond acceptors (Lipinski definition) is 5. The van der Waals surface area contributed by atoms with Crippen LogP contribution >= 0.6 is 0 Å². The van der Waals surface area contributed by atoms with Gasteiger partial charge in [0, 0.05) is 30.0 Å². The van der Waals surface area contributed by atoms with Crippen LogP contribution in [0.4, 0.5) is 13.2 Å². The van der Waals surface area contributed by atoms with Crippen LogP contribution in [-0.2, 0) is 11.2 Å². The average molecular weight is 404 g/mol. The van der Waals surface area contributed by atoms with Crippen LogP contribution in [0, 0.1) is 0 Å². The Balaban J connectivity index is 1.52. The summed E-state index contributed by atoms with van der Waals surface area (Å²) < 4.78 is 46.4. The van der Waals surface area contributed by atoms with Crippen LogP contribution < -0.4 is 4.74 Å². The fourth-order valence-corrected chi connectivity index (χ4v) is 2.81. The van der Waals surface area contributed by atoms with Crippen LogP contribution in [0.15, 0.2) is 59.5 Å². The Morgan fingerprint density at radius 1 is 1.14 bits per heavy atom. The molecule has 0 N–H and O–H groups in total. The molecule has 3 aromatic rings. The molecular weight excluding hydrogens is 385 g/mol. The van der Waals surface area contributed by atoms with E-state index in [2.05, 4.69) is 14.7 Å². The van der Waals surface area contributed by atoms with Gasteiger partial charge in [0.1, 0.15) is 17.8 Å². The molecule has 0 fully saturated rings. The smallest absolute Gasteiger partial charge is 0.422 e. The van der Waals surface area contributed by atoms with Gasteiger partial charge in [0.15, 0.2) is 6.61 Å². The summed E-state index contributed by atoms with van der Waals surface area (Å²) in [6, 6.07) is 10.4. The van der Waals surface area contributed by atoms with Crippen molar-refractivity contribution in [3.05, 3.63) is 66.3 Å². The van der Waals surface area contributed by atoms with E-state index < -0.39 is 12.8 Å². The lowest BCUT2D eigenvalue weighted by Gasteiger charge is -2.12. The standard InChI is InChI=1S/C21H19F3N2O3/c1-14(19-7-6-18(12-26-19)29-13-21(22,23)24)10-17(27)11-15-2-4-16(5-3-15)20-25-8-9-28-20/h2-9,12,14H,10-11,13H2,1H3/t14-/m0/s1. The highest BCUT2D eigenvalue weighted by atomic mass is 19.4. The number of oxazole rings is 1. The number of alkyl halides is 3. The van der Waals surface area contributed by atoms with Gasteiger partial charge in [-0.15, -0.1) is 0 Å². The number of aromatic nitrogens is 2. The fraction of sp³-hybridized carbons (Fsp3) is 0.286. The van der Waals surface area contributed by atoms with Gasteiger partial charge in [-0.2, -0.15) is 13.2 Å². The van der Waals surface area contributed by atoms with Gasteiger partial charge in [-0.1, -0.05) is 19.1 Å². The third-order valence-electron chi connectivity index (χ3n) is 4.23. The maximum atomic E-state index is 12.4. The van der Waals surface area contributed by atoms with Crippen molar-refractivity contribution in [3.8, 4) is 17.2 Å². The highest BCUT2D eigenvalue weighted by molar-refractivity contribution is 5.81. The maximum Gasteiger partial charge on any atom is 0.422 e. The molecule has 0 amide bonds. The highest BCUT2D eigenvalue weighted by Crippen LogP contribution is 2.23. The Morgan fingerprint density at radius 2 is 1.90 bits per heavy atom. The molecule has 0 aliphatic heterocycles. The topological polar surface area (TPSA) is 65.2 Å². The number of halogens is 3. The van der Waals surface area contributed by atoms with Crippen LogP contribution in [0.3, 0.4) is 0 Å². The van der Waals surface area contributed by atoms with E-state index >= 15 is 0 Å². The SMILES string of the molecule is C[C@@H](CC(=O)Cc1ccc(-c2ncco2)cc1)c1ccc(OCC(F)(F)F)cn1. The molecule has 0 aliphatic rings. The summed E-state index contributed by atoms with van der Waals surface area (Å²) in [6.45, 7) is 0.485. The van der Waals surface area contributed by atoms with Gasteiger partial charge < -0.3 is 9.15 Å². The Kier molecular flexibility index (Phi) is 6.31. The second kappa shape index (κ2) is 8.89. The molecule has 0 aliphatic carbocycles. The molecule has 0 bridgehead atoms. The first-order valence-electron chi connectivity index (χ1n) is 8.96. The predicted octanol–water partition coefficient (Wildman–Crippen LogP) is 4.98. The minimum atomic E-state index is -4.40.